The van der Waals surface area contributed by atoms with Gasteiger partial charge in [-0.1, -0.05) is 13.8 Å². The zero-order valence-corrected chi connectivity index (χ0v) is 13.2. The van der Waals surface area contributed by atoms with E-state index in [4.69, 9.17) is 5.73 Å². The van der Waals surface area contributed by atoms with Gasteiger partial charge in [-0.2, -0.15) is 5.10 Å². The number of nitrogens with two attached hydrogens (primary N) is 1. The third kappa shape index (κ3) is 5.10. The second kappa shape index (κ2) is 7.84. The maximum atomic E-state index is 12.2. The zero-order valence-electron chi connectivity index (χ0n) is 11.5. The Hall–Kier alpha value is -0.630. The van der Waals surface area contributed by atoms with Crippen molar-refractivity contribution in [3.63, 3.8) is 0 Å². The highest BCUT2D eigenvalue weighted by Crippen LogP contribution is 2.11. The minimum absolute atomic E-state index is 0. The summed E-state index contributed by atoms with van der Waals surface area (Å²) in [6.45, 7) is 6.72. The van der Waals surface area contributed by atoms with Gasteiger partial charge in [-0.3, -0.25) is 4.68 Å². The lowest BCUT2D eigenvalue weighted by Crippen LogP contribution is -2.41. The van der Waals surface area contributed by atoms with E-state index in [-0.39, 0.29) is 30.0 Å². The molecule has 0 aliphatic carbocycles. The van der Waals surface area contributed by atoms with Crippen molar-refractivity contribution in [1.82, 2.24) is 14.5 Å². The number of aryl methyl sites for hydroxylation is 1. The van der Waals surface area contributed by atoms with Crippen molar-refractivity contribution in [2.45, 2.75) is 44.8 Å². The molecule has 1 unspecified atom stereocenters. The van der Waals surface area contributed by atoms with E-state index in [1.807, 2.05) is 20.8 Å². The van der Waals surface area contributed by atoms with Crippen molar-refractivity contribution in [1.29, 1.82) is 0 Å². The van der Waals surface area contributed by atoms with Gasteiger partial charge in [-0.25, -0.2) is 13.1 Å². The van der Waals surface area contributed by atoms with E-state index in [2.05, 4.69) is 9.82 Å². The Labute approximate surface area is 121 Å². The fourth-order valence-electron chi connectivity index (χ4n) is 1.83. The van der Waals surface area contributed by atoms with Crippen LogP contribution in [0.25, 0.3) is 0 Å². The molecule has 112 valence electrons. The number of hydrogen-bond donors (Lipinski definition) is 2. The molecule has 8 heteroatoms. The van der Waals surface area contributed by atoms with E-state index >= 15 is 0 Å². The monoisotopic (exact) mass is 310 g/mol. The van der Waals surface area contributed by atoms with Crippen molar-refractivity contribution < 1.29 is 8.42 Å². The Kier molecular flexibility index (Phi) is 7.58. The average Bonchev–Trinajstić information content (AvgIpc) is 2.75. The second-order valence-electron chi connectivity index (χ2n) is 4.67. The predicted molar refractivity (Wildman–Crippen MR) is 77.8 cm³/mol. The van der Waals surface area contributed by atoms with Gasteiger partial charge < -0.3 is 5.73 Å². The Bertz CT molecular complexity index is 473. The van der Waals surface area contributed by atoms with Crippen LogP contribution in [-0.4, -0.2) is 30.8 Å². The largest absolute Gasteiger partial charge is 0.329 e. The van der Waals surface area contributed by atoms with Crippen LogP contribution in [0.1, 0.15) is 27.2 Å². The van der Waals surface area contributed by atoms with Crippen molar-refractivity contribution >= 4 is 22.4 Å². The smallest absolute Gasteiger partial charge is 0.258 e. The van der Waals surface area contributed by atoms with E-state index in [9.17, 15) is 8.42 Å². The Morgan fingerprint density at radius 1 is 1.47 bits per heavy atom. The maximum absolute atomic E-state index is 12.2. The maximum Gasteiger partial charge on any atom is 0.258 e. The highest BCUT2D eigenvalue weighted by molar-refractivity contribution is 7.89. The van der Waals surface area contributed by atoms with Gasteiger partial charge in [-0.15, -0.1) is 12.4 Å². The first-order valence-corrected chi connectivity index (χ1v) is 7.63. The van der Waals surface area contributed by atoms with Gasteiger partial charge in [-0.05, 0) is 25.3 Å². The fourth-order valence-corrected chi connectivity index (χ4v) is 3.27. The molecule has 19 heavy (non-hydrogen) atoms. The molecule has 0 radical (unpaired) electrons. The predicted octanol–water partition coefficient (Wildman–Crippen LogP) is 0.976. The van der Waals surface area contributed by atoms with Gasteiger partial charge in [0, 0.05) is 19.1 Å². The number of hydrogen-bond acceptors (Lipinski definition) is 4. The lowest BCUT2D eigenvalue weighted by molar-refractivity contribution is 0.460. The minimum atomic E-state index is -3.55. The summed E-state index contributed by atoms with van der Waals surface area (Å²) < 4.78 is 28.5. The fraction of sp³-hybridized carbons (Fsp3) is 0.727. The molecule has 1 atom stereocenters. The summed E-state index contributed by atoms with van der Waals surface area (Å²) in [6.07, 6.45) is 2.20. The summed E-state index contributed by atoms with van der Waals surface area (Å²) in [5, 5.41) is 4.15. The minimum Gasteiger partial charge on any atom is -0.329 e. The highest BCUT2D eigenvalue weighted by atomic mass is 35.5. The number of aromatic nitrogens is 2. The number of rotatable bonds is 7. The van der Waals surface area contributed by atoms with E-state index in [0.29, 0.717) is 12.5 Å². The summed E-state index contributed by atoms with van der Waals surface area (Å²) in [5.74, 6) is 0.386. The number of halogens is 1. The van der Waals surface area contributed by atoms with Crippen molar-refractivity contribution in [3.8, 4) is 0 Å². The molecule has 0 aliphatic rings. The van der Waals surface area contributed by atoms with Gasteiger partial charge in [0.1, 0.15) is 0 Å². The van der Waals surface area contributed by atoms with E-state index < -0.39 is 10.0 Å². The van der Waals surface area contributed by atoms with Crippen molar-refractivity contribution in [2.75, 3.05) is 6.54 Å². The molecule has 0 bridgehead atoms. The Morgan fingerprint density at radius 3 is 2.58 bits per heavy atom. The van der Waals surface area contributed by atoms with Gasteiger partial charge in [0.05, 0.1) is 6.20 Å². The van der Waals surface area contributed by atoms with Crippen LogP contribution in [0.5, 0.6) is 0 Å². The number of sulfonamides is 1. The third-order valence-corrected chi connectivity index (χ3v) is 4.16. The molecule has 1 heterocycles. The molecule has 6 nitrogen and oxygen atoms in total. The number of nitrogens with zero attached hydrogens (tertiary/aromatic N) is 2. The summed E-state index contributed by atoms with van der Waals surface area (Å²) in [6, 6.07) is 1.25. The first-order valence-electron chi connectivity index (χ1n) is 6.15. The van der Waals surface area contributed by atoms with Crippen LogP contribution in [0, 0.1) is 5.92 Å². The number of nitrogens with one attached hydrogen (secondary N) is 1. The Morgan fingerprint density at radius 2 is 2.11 bits per heavy atom. The Balaban J connectivity index is 0.00000324. The molecule has 1 aromatic heterocycles. The summed E-state index contributed by atoms with van der Waals surface area (Å²) in [5.41, 5.74) is 5.60. The van der Waals surface area contributed by atoms with Gasteiger partial charge in [0.15, 0.2) is 5.03 Å². The van der Waals surface area contributed by atoms with Crippen LogP contribution in [0.2, 0.25) is 0 Å². The zero-order chi connectivity index (χ0) is 13.8. The van der Waals surface area contributed by atoms with E-state index in [1.165, 1.54) is 16.9 Å². The second-order valence-corrected chi connectivity index (χ2v) is 6.33. The molecule has 1 aromatic rings. The lowest BCUT2D eigenvalue weighted by Gasteiger charge is -2.18. The SMILES string of the molecule is CCn1nccc1S(=O)(=O)NC(CN)CC(C)C.Cl. The summed E-state index contributed by atoms with van der Waals surface area (Å²) in [7, 11) is -3.55. The van der Waals surface area contributed by atoms with Crippen LogP contribution in [0.15, 0.2) is 17.3 Å². The molecular formula is C11H23ClN4O2S. The molecule has 3 N–H and O–H groups in total. The molecular weight excluding hydrogens is 288 g/mol. The van der Waals surface area contributed by atoms with Crippen LogP contribution < -0.4 is 10.5 Å². The normalized spacial score (nSPS) is 13.3. The molecule has 0 fully saturated rings. The van der Waals surface area contributed by atoms with Crippen LogP contribution in [-0.2, 0) is 16.6 Å². The standard InChI is InChI=1S/C11H22N4O2S.ClH/c1-4-15-11(5-6-13-15)18(16,17)14-10(8-12)7-9(2)3;/h5-6,9-10,14H,4,7-8,12H2,1-3H3;1H. The molecule has 0 amide bonds. The average molecular weight is 311 g/mol. The first-order chi connectivity index (χ1) is 8.40. The topological polar surface area (TPSA) is 90.0 Å². The first kappa shape index (κ1) is 18.4. The van der Waals surface area contributed by atoms with E-state index in [0.717, 1.165) is 6.42 Å². The van der Waals surface area contributed by atoms with Crippen LogP contribution in [0.4, 0.5) is 0 Å². The van der Waals surface area contributed by atoms with Crippen molar-refractivity contribution in [2.24, 2.45) is 11.7 Å². The molecule has 0 aromatic carbocycles. The van der Waals surface area contributed by atoms with Crippen LogP contribution in [0.3, 0.4) is 0 Å². The molecule has 1 rings (SSSR count). The summed E-state index contributed by atoms with van der Waals surface area (Å²) >= 11 is 0. The third-order valence-electron chi connectivity index (χ3n) is 2.61. The van der Waals surface area contributed by atoms with Gasteiger partial charge in [0.25, 0.3) is 10.0 Å². The lowest BCUT2D eigenvalue weighted by atomic mass is 10.1. The molecule has 0 aliphatic heterocycles. The van der Waals surface area contributed by atoms with Crippen LogP contribution >= 0.6 is 12.4 Å². The molecule has 0 spiro atoms. The van der Waals surface area contributed by atoms with Crippen molar-refractivity contribution in [3.05, 3.63) is 12.3 Å². The quantitative estimate of drug-likeness (QED) is 0.785. The highest BCUT2D eigenvalue weighted by Gasteiger charge is 2.23. The van der Waals surface area contributed by atoms with Gasteiger partial charge in [0.2, 0.25) is 0 Å². The molecule has 0 saturated heterocycles. The summed E-state index contributed by atoms with van der Waals surface area (Å²) in [4.78, 5) is 0. The van der Waals surface area contributed by atoms with Gasteiger partial charge >= 0.3 is 0 Å². The van der Waals surface area contributed by atoms with E-state index in [1.54, 1.807) is 0 Å². The molecule has 0 saturated carbocycles.